The maximum atomic E-state index is 14.8. The van der Waals surface area contributed by atoms with E-state index < -0.39 is 28.5 Å². The molecule has 18 nitrogen and oxygen atoms in total. The largest absolute Gasteiger partial charge is 0.469 e. The quantitative estimate of drug-likeness (QED) is 0.0317. The third kappa shape index (κ3) is 11.6. The molecule has 18 heteroatoms. The Morgan fingerprint density at radius 3 is 1.39 bits per heavy atom. The molecule has 1 unspecified atom stereocenters. The van der Waals surface area contributed by atoms with Crippen LogP contribution in [0.1, 0.15) is 179 Å². The Bertz CT molecular complexity index is 5530. The maximum absolute atomic E-state index is 14.8. The average molecular weight is 1390 g/mol. The van der Waals surface area contributed by atoms with Gasteiger partial charge in [-0.25, -0.2) is 15.0 Å². The van der Waals surface area contributed by atoms with Gasteiger partial charge in [0, 0.05) is 104 Å². The van der Waals surface area contributed by atoms with Crippen molar-refractivity contribution in [2.45, 2.75) is 135 Å². The van der Waals surface area contributed by atoms with E-state index in [1.54, 1.807) is 19.1 Å². The number of methoxy groups -OCH3 is 4. The number of fused-ring (bicyclic) bond motifs is 23. The Morgan fingerprint density at radius 2 is 0.894 bits per heavy atom. The first-order valence-electron chi connectivity index (χ1n) is 35.4. The number of aryl methyl sites for hydroxylation is 6. The molecule has 1 spiro atoms. The molecule has 6 aliphatic rings. The van der Waals surface area contributed by atoms with E-state index in [0.29, 0.717) is 110 Å². The number of carbonyl (C=O) groups excluding carboxylic acids is 4. The fraction of sp³-hybridized carbons (Fsp3) is 0.302. The molecule has 6 aromatic heterocycles. The summed E-state index contributed by atoms with van der Waals surface area (Å²) in [6.07, 6.45) is 11.8. The van der Waals surface area contributed by atoms with Crippen molar-refractivity contribution in [3.8, 4) is 11.1 Å². The summed E-state index contributed by atoms with van der Waals surface area (Å²) in [4.78, 5) is 88.9. The Morgan fingerprint density at radius 1 is 0.481 bits per heavy atom. The number of aromatic nitrogens is 8. The second kappa shape index (κ2) is 26.9. The lowest BCUT2D eigenvalue weighted by Crippen LogP contribution is -2.52. The van der Waals surface area contributed by atoms with Crippen LogP contribution in [0.3, 0.4) is 0 Å². The Hall–Kier alpha value is -11.1. The van der Waals surface area contributed by atoms with Crippen LogP contribution < -0.4 is 0 Å². The van der Waals surface area contributed by atoms with Crippen molar-refractivity contribution < 1.29 is 48.3 Å². The summed E-state index contributed by atoms with van der Waals surface area (Å²) in [5.41, 5.74) is 19.4. The minimum absolute atomic E-state index is 0.0722. The second-order valence-corrected chi connectivity index (χ2v) is 28.4. The molecule has 0 fully saturated rings. The van der Waals surface area contributed by atoms with E-state index in [-0.39, 0.29) is 55.5 Å². The zero-order valence-electron chi connectivity index (χ0n) is 60.9. The van der Waals surface area contributed by atoms with Crippen molar-refractivity contribution in [1.29, 1.82) is 0 Å². The highest BCUT2D eigenvalue weighted by atomic mass is 16.5. The van der Waals surface area contributed by atoms with Crippen LogP contribution in [-0.4, -0.2) is 102 Å². The van der Waals surface area contributed by atoms with Crippen LogP contribution in [0.15, 0.2) is 128 Å². The van der Waals surface area contributed by atoms with Crippen molar-refractivity contribution in [2.75, 3.05) is 28.4 Å². The van der Waals surface area contributed by atoms with E-state index in [0.717, 1.165) is 100 Å². The monoisotopic (exact) mass is 1390 g/mol. The number of benzene rings is 2. The highest BCUT2D eigenvalue weighted by molar-refractivity contribution is 5.97. The van der Waals surface area contributed by atoms with Gasteiger partial charge in [0.1, 0.15) is 11.2 Å². The van der Waals surface area contributed by atoms with Gasteiger partial charge in [-0.3, -0.25) is 24.2 Å². The van der Waals surface area contributed by atoms with E-state index in [9.17, 15) is 29.4 Å². The normalized spacial score (nSPS) is 20.5. The van der Waals surface area contributed by atoms with Crippen molar-refractivity contribution in [2.24, 2.45) is 5.92 Å². The van der Waals surface area contributed by atoms with Gasteiger partial charge >= 0.3 is 23.9 Å². The smallest absolute Gasteiger partial charge is 0.305 e. The van der Waals surface area contributed by atoms with E-state index in [4.69, 9.17) is 38.9 Å². The summed E-state index contributed by atoms with van der Waals surface area (Å²) in [6.45, 7) is 24.3. The molecule has 8 aromatic rings. The van der Waals surface area contributed by atoms with Gasteiger partial charge in [-0.1, -0.05) is 92.1 Å². The van der Waals surface area contributed by atoms with Crippen LogP contribution in [0.5, 0.6) is 0 Å². The van der Waals surface area contributed by atoms with Crippen LogP contribution in [0.2, 0.25) is 0 Å². The molecule has 14 rings (SSSR count). The Kier molecular flexibility index (Phi) is 18.1. The number of carbonyl (C=O) groups is 4. The predicted octanol–water partition coefficient (Wildman–Crippen LogP) is 16.3. The van der Waals surface area contributed by atoms with E-state index in [1.165, 1.54) is 28.4 Å². The first kappa shape index (κ1) is 70.0. The van der Waals surface area contributed by atoms with E-state index >= 15 is 0 Å². The molecule has 10 heterocycles. The van der Waals surface area contributed by atoms with Crippen molar-refractivity contribution in [3.05, 3.63) is 230 Å². The maximum Gasteiger partial charge on any atom is 0.305 e. The van der Waals surface area contributed by atoms with Gasteiger partial charge in [0.05, 0.1) is 79.4 Å². The van der Waals surface area contributed by atoms with Crippen LogP contribution >= 0.6 is 0 Å². The van der Waals surface area contributed by atoms with E-state index in [1.807, 2.05) is 97.0 Å². The van der Waals surface area contributed by atoms with Gasteiger partial charge in [-0.05, 0) is 208 Å². The summed E-state index contributed by atoms with van der Waals surface area (Å²) < 4.78 is 20.8. The molecular formula is C86H86N8O10. The van der Waals surface area contributed by atoms with Gasteiger partial charge in [0.25, 0.3) is 0 Å². The Balaban J connectivity index is 1.11. The second-order valence-electron chi connectivity index (χ2n) is 28.4. The fourth-order valence-corrected chi connectivity index (χ4v) is 16.9. The number of rotatable bonds is 15. The van der Waals surface area contributed by atoms with Crippen molar-refractivity contribution >= 4 is 108 Å². The molecule has 4 aliphatic heterocycles. The predicted molar refractivity (Wildman–Crippen MR) is 408 cm³/mol. The number of H-pyrrole nitrogens is 4. The molecule has 2 aromatic carbocycles. The number of aliphatic hydroxyl groups is 2. The number of aromatic amines is 4. The van der Waals surface area contributed by atoms with Crippen LogP contribution in [0, 0.1) is 33.6 Å². The van der Waals surface area contributed by atoms with E-state index in [2.05, 4.69) is 99.9 Å². The molecule has 0 saturated carbocycles. The van der Waals surface area contributed by atoms with Gasteiger partial charge in [-0.15, -0.1) is 0 Å². The number of ether oxygens (including phenoxy) is 4. The SMILES string of the molecule is C=Cc1c(C)c2cc3nc(cc4[nH]c(cc5nc(cc1[nH]2)[C@@](C)(O)/C5=C/[C@H]1[C@@H]2c5ccccc5-c5ccccc5[C@H]2C=CC12c1cc5[nH]c(cc6nc(cc7[nH]c(cc(n1)[C@@]2(C)O)c(C=C)c7C)C(C)=C6CCC(=O)OC)c(CCC(=O)OC)c5C)c(C)c4CCC(=O)OC)C(CCC(=O)OC)=C3C. The number of hydrogen-bond acceptors (Lipinski definition) is 14. The summed E-state index contributed by atoms with van der Waals surface area (Å²) in [7, 11) is 5.52. The summed E-state index contributed by atoms with van der Waals surface area (Å²) in [5.74, 6) is -3.00. The number of nitrogens with one attached hydrogen (secondary N) is 4. The third-order valence-electron chi connectivity index (χ3n) is 22.9. The van der Waals surface area contributed by atoms with Crippen molar-refractivity contribution in [1.82, 2.24) is 39.9 Å². The standard InChI is InChI=1S/C86H86N8O10/c1-15-50-44(3)63-36-65-46(5)52(25-29-79(95)101-11)69(87-65)39-71-54(27-31-81(97)103-13)48(7)67(89-71)38-75-61(84(9,99)76(93-75)42-73(50)90-63)35-62-83-59-24-20-19-22-57(59)56-21-17-18-23-58(56)60(83)33-34-86(62)78-41-68-49(8)55(28-32-82(98)104-14)72(92-68)40-70-53(26-30-80(96)102-12)47(6)66(88-70)37-64-45(4)51(16-2)74(91-64)43-77(94-78)85(86,10)100/h15-24,33-43,60,62,83,89-92,99-100H,1-2,25-32H2,3-14H3/b61-35+,63-36?,64-37?,65-36?,66-37?,67-38?,68-41?,69-39?,70-40?,71-39?,72-40?,73-42?,74-43?,75-38?,76-42?,77-43?,78-41?/t60-,62+,83-,84+,85-,86?/m1/s1. The minimum Gasteiger partial charge on any atom is -0.469 e. The average Bonchev–Trinajstić information content (AvgIpc) is 1.44. The molecule has 0 radical (unpaired) electrons. The number of nitrogens with zero attached hydrogens (tertiary/aromatic N) is 4. The van der Waals surface area contributed by atoms with Crippen LogP contribution in [-0.2, 0) is 67.6 Å². The number of esters is 4. The molecule has 2 aliphatic carbocycles. The van der Waals surface area contributed by atoms with Crippen LogP contribution in [0.4, 0.5) is 0 Å². The number of hydrogen-bond donors (Lipinski definition) is 6. The zero-order chi connectivity index (χ0) is 73.6. The Labute approximate surface area is 603 Å². The minimum atomic E-state index is -1.87. The van der Waals surface area contributed by atoms with Crippen LogP contribution in [0.25, 0.3) is 95.3 Å². The highest BCUT2D eigenvalue weighted by Crippen LogP contribution is 2.65. The molecular weight excluding hydrogens is 1300 g/mol. The molecule has 0 saturated heterocycles. The number of allylic oxidation sites excluding steroid dienone is 6. The van der Waals surface area contributed by atoms with Gasteiger partial charge in [-0.2, -0.15) is 0 Å². The molecule has 0 amide bonds. The summed E-state index contributed by atoms with van der Waals surface area (Å²) in [5, 5.41) is 29.0. The molecule has 16 bridgehead atoms. The lowest BCUT2D eigenvalue weighted by molar-refractivity contribution is -0.141. The molecule has 6 N–H and O–H groups in total. The molecule has 6 atom stereocenters. The lowest BCUT2D eigenvalue weighted by Gasteiger charge is -2.52. The van der Waals surface area contributed by atoms with Crippen molar-refractivity contribution in [3.63, 3.8) is 0 Å². The van der Waals surface area contributed by atoms with Gasteiger partial charge < -0.3 is 49.1 Å². The summed E-state index contributed by atoms with van der Waals surface area (Å²) >= 11 is 0. The zero-order valence-corrected chi connectivity index (χ0v) is 60.9. The first-order chi connectivity index (χ1) is 49.9. The fourth-order valence-electron chi connectivity index (χ4n) is 16.9. The molecule has 530 valence electrons. The third-order valence-corrected chi connectivity index (χ3v) is 22.9. The topological polar surface area (TPSA) is 260 Å². The summed E-state index contributed by atoms with van der Waals surface area (Å²) in [6, 6.07) is 32.7. The molecule has 104 heavy (non-hydrogen) atoms. The van der Waals surface area contributed by atoms with Gasteiger partial charge in [0.2, 0.25) is 0 Å². The van der Waals surface area contributed by atoms with Gasteiger partial charge in [0.15, 0.2) is 0 Å². The first-order valence-corrected chi connectivity index (χ1v) is 35.4. The highest BCUT2D eigenvalue weighted by Gasteiger charge is 2.63. The lowest BCUT2D eigenvalue weighted by atomic mass is 9.50.